The normalized spacial score (nSPS) is 17.4. The summed E-state index contributed by atoms with van der Waals surface area (Å²) in [5.41, 5.74) is 2.15. The molecule has 1 aliphatic rings. The van der Waals surface area contributed by atoms with E-state index in [9.17, 15) is 0 Å². The van der Waals surface area contributed by atoms with Gasteiger partial charge in [0.15, 0.2) is 5.96 Å². The van der Waals surface area contributed by atoms with Crippen molar-refractivity contribution >= 4 is 17.0 Å². The minimum Gasteiger partial charge on any atom is -0.379 e. The zero-order valence-corrected chi connectivity index (χ0v) is 16.0. The number of benzene rings is 1. The summed E-state index contributed by atoms with van der Waals surface area (Å²) in [7, 11) is 2.04. The van der Waals surface area contributed by atoms with Crippen molar-refractivity contribution in [3.8, 4) is 0 Å². The van der Waals surface area contributed by atoms with E-state index in [-0.39, 0.29) is 0 Å². The Labute approximate surface area is 155 Å². The van der Waals surface area contributed by atoms with Crippen LogP contribution in [0, 0.1) is 0 Å². The topological polar surface area (TPSA) is 66.7 Å². The molecule has 1 atom stereocenters. The van der Waals surface area contributed by atoms with E-state index in [1.807, 2.05) is 25.2 Å². The number of nitrogens with zero attached hydrogens (tertiary/aromatic N) is 4. The Hall–Kier alpha value is -2.12. The van der Waals surface area contributed by atoms with Crippen LogP contribution in [0.1, 0.15) is 19.7 Å². The molecule has 26 heavy (non-hydrogen) atoms. The third kappa shape index (κ3) is 4.53. The highest BCUT2D eigenvalue weighted by molar-refractivity contribution is 5.80. The van der Waals surface area contributed by atoms with Crippen LogP contribution >= 0.6 is 0 Å². The van der Waals surface area contributed by atoms with Crippen molar-refractivity contribution in [3.63, 3.8) is 0 Å². The molecule has 1 aromatic carbocycles. The molecule has 2 N–H and O–H groups in total. The average Bonchev–Trinajstić information content (AvgIpc) is 3.00. The summed E-state index contributed by atoms with van der Waals surface area (Å²) in [6.07, 6.45) is 0. The predicted molar refractivity (Wildman–Crippen MR) is 105 cm³/mol. The molecule has 0 bridgehead atoms. The average molecular weight is 358 g/mol. The molecule has 0 spiro atoms. The molecule has 1 fully saturated rings. The van der Waals surface area contributed by atoms with Crippen LogP contribution < -0.4 is 10.6 Å². The van der Waals surface area contributed by atoms with E-state index in [1.54, 1.807) is 0 Å². The summed E-state index contributed by atoms with van der Waals surface area (Å²) < 4.78 is 7.54. The number of aryl methyl sites for hydroxylation is 1. The van der Waals surface area contributed by atoms with Gasteiger partial charge in [-0.2, -0.15) is 0 Å². The summed E-state index contributed by atoms with van der Waals surface area (Å²) in [5.74, 6) is 1.80. The molecule has 2 heterocycles. The monoisotopic (exact) mass is 358 g/mol. The fourth-order valence-corrected chi connectivity index (χ4v) is 3.22. The number of hydrogen-bond acceptors (Lipinski definition) is 4. The van der Waals surface area contributed by atoms with E-state index >= 15 is 0 Å². The fourth-order valence-electron chi connectivity index (χ4n) is 3.22. The maximum absolute atomic E-state index is 5.43. The molecule has 1 aromatic heterocycles. The lowest BCUT2D eigenvalue weighted by Crippen LogP contribution is -2.49. The fraction of sp³-hybridized carbons (Fsp3) is 0.579. The van der Waals surface area contributed by atoms with E-state index in [4.69, 9.17) is 14.7 Å². The van der Waals surface area contributed by atoms with E-state index in [0.717, 1.165) is 62.2 Å². The Morgan fingerprint density at radius 2 is 2.04 bits per heavy atom. The van der Waals surface area contributed by atoms with Gasteiger partial charge < -0.3 is 19.9 Å². The third-order valence-electron chi connectivity index (χ3n) is 4.84. The molecule has 1 aliphatic heterocycles. The van der Waals surface area contributed by atoms with Gasteiger partial charge in [-0.3, -0.25) is 4.90 Å². The maximum atomic E-state index is 5.43. The Morgan fingerprint density at radius 1 is 1.27 bits per heavy atom. The van der Waals surface area contributed by atoms with Crippen LogP contribution in [-0.4, -0.2) is 65.8 Å². The van der Waals surface area contributed by atoms with E-state index in [2.05, 4.69) is 40.0 Å². The zero-order valence-electron chi connectivity index (χ0n) is 16.0. The summed E-state index contributed by atoms with van der Waals surface area (Å²) in [5, 5.41) is 6.78. The van der Waals surface area contributed by atoms with Gasteiger partial charge in [0.1, 0.15) is 12.4 Å². The second kappa shape index (κ2) is 9.00. The molecular formula is C19H30N6O. The molecule has 1 unspecified atom stereocenters. The van der Waals surface area contributed by atoms with Crippen molar-refractivity contribution in [2.75, 3.05) is 39.4 Å². The highest BCUT2D eigenvalue weighted by Crippen LogP contribution is 2.14. The minimum atomic E-state index is 0.443. The van der Waals surface area contributed by atoms with Crippen LogP contribution in [0.25, 0.3) is 11.0 Å². The lowest BCUT2D eigenvalue weighted by molar-refractivity contribution is 0.0211. The molecule has 7 nitrogen and oxygen atoms in total. The van der Waals surface area contributed by atoms with Crippen molar-refractivity contribution < 1.29 is 4.74 Å². The lowest BCUT2D eigenvalue weighted by Gasteiger charge is -2.32. The van der Waals surface area contributed by atoms with Crippen LogP contribution in [0.4, 0.5) is 0 Å². The SMILES string of the molecule is CCNC(=NCc1nc2ccccc2n1C)NCC(C)N1CCOCC1. The molecular weight excluding hydrogens is 328 g/mol. The molecule has 142 valence electrons. The van der Waals surface area contributed by atoms with E-state index in [0.29, 0.717) is 12.6 Å². The van der Waals surface area contributed by atoms with E-state index in [1.165, 1.54) is 0 Å². The molecule has 2 aromatic rings. The minimum absolute atomic E-state index is 0.443. The Balaban J connectivity index is 1.61. The van der Waals surface area contributed by atoms with Crippen molar-refractivity contribution in [1.29, 1.82) is 0 Å². The van der Waals surface area contributed by atoms with Crippen molar-refractivity contribution in [2.45, 2.75) is 26.4 Å². The number of imidazole rings is 1. The highest BCUT2D eigenvalue weighted by atomic mass is 16.5. The molecule has 3 rings (SSSR count). The van der Waals surface area contributed by atoms with Crippen LogP contribution in [-0.2, 0) is 18.3 Å². The van der Waals surface area contributed by atoms with Gasteiger partial charge >= 0.3 is 0 Å². The van der Waals surface area contributed by atoms with Gasteiger partial charge in [-0.05, 0) is 26.0 Å². The van der Waals surface area contributed by atoms with Crippen LogP contribution in [0.3, 0.4) is 0 Å². The summed E-state index contributed by atoms with van der Waals surface area (Å²) in [4.78, 5) is 11.9. The van der Waals surface area contributed by atoms with Gasteiger partial charge in [0.25, 0.3) is 0 Å². The number of nitrogens with one attached hydrogen (secondary N) is 2. The summed E-state index contributed by atoms with van der Waals surface area (Å²) in [6.45, 7) is 10.2. The zero-order chi connectivity index (χ0) is 18.4. The first kappa shape index (κ1) is 18.7. The van der Waals surface area contributed by atoms with Gasteiger partial charge in [0, 0.05) is 39.3 Å². The first-order chi connectivity index (χ1) is 12.7. The van der Waals surface area contributed by atoms with Crippen LogP contribution in [0.15, 0.2) is 29.3 Å². The number of aliphatic imine (C=N–C) groups is 1. The van der Waals surface area contributed by atoms with Crippen molar-refractivity contribution in [2.24, 2.45) is 12.0 Å². The molecule has 0 radical (unpaired) electrons. The van der Waals surface area contributed by atoms with Gasteiger partial charge in [-0.25, -0.2) is 9.98 Å². The number of hydrogen-bond donors (Lipinski definition) is 2. The number of ether oxygens (including phenoxy) is 1. The van der Waals surface area contributed by atoms with Gasteiger partial charge in [-0.15, -0.1) is 0 Å². The van der Waals surface area contributed by atoms with Gasteiger partial charge in [-0.1, -0.05) is 12.1 Å². The molecule has 0 aliphatic carbocycles. The molecule has 1 saturated heterocycles. The number of guanidine groups is 1. The molecule has 0 saturated carbocycles. The van der Waals surface area contributed by atoms with Gasteiger partial charge in [0.2, 0.25) is 0 Å². The first-order valence-electron chi connectivity index (χ1n) is 9.43. The summed E-state index contributed by atoms with van der Waals surface area (Å²) >= 11 is 0. The number of rotatable bonds is 6. The quantitative estimate of drug-likeness (QED) is 0.603. The van der Waals surface area contributed by atoms with Crippen LogP contribution in [0.5, 0.6) is 0 Å². The first-order valence-corrected chi connectivity index (χ1v) is 9.43. The van der Waals surface area contributed by atoms with Gasteiger partial charge in [0.05, 0.1) is 24.2 Å². The number of morpholine rings is 1. The number of fused-ring (bicyclic) bond motifs is 1. The van der Waals surface area contributed by atoms with Crippen LogP contribution in [0.2, 0.25) is 0 Å². The Bertz CT molecular complexity index is 735. The molecule has 0 amide bonds. The van der Waals surface area contributed by atoms with Crippen molar-refractivity contribution in [3.05, 3.63) is 30.1 Å². The second-order valence-corrected chi connectivity index (χ2v) is 6.65. The Kier molecular flexibility index (Phi) is 6.46. The maximum Gasteiger partial charge on any atom is 0.191 e. The lowest BCUT2D eigenvalue weighted by atomic mass is 10.2. The standard InChI is InChI=1S/C19H30N6O/c1-4-20-19(21-13-15(2)25-9-11-26-12-10-25)22-14-18-23-16-7-5-6-8-17(16)24(18)3/h5-8,15H,4,9-14H2,1-3H3,(H2,20,21,22). The molecule has 7 heteroatoms. The highest BCUT2D eigenvalue weighted by Gasteiger charge is 2.17. The number of para-hydroxylation sites is 2. The smallest absolute Gasteiger partial charge is 0.191 e. The number of aromatic nitrogens is 2. The second-order valence-electron chi connectivity index (χ2n) is 6.65. The largest absolute Gasteiger partial charge is 0.379 e. The summed E-state index contributed by atoms with van der Waals surface area (Å²) in [6, 6.07) is 8.62. The Morgan fingerprint density at radius 3 is 2.77 bits per heavy atom. The van der Waals surface area contributed by atoms with Crippen molar-refractivity contribution in [1.82, 2.24) is 25.1 Å². The predicted octanol–water partition coefficient (Wildman–Crippen LogP) is 1.35. The van der Waals surface area contributed by atoms with E-state index < -0.39 is 0 Å². The third-order valence-corrected chi connectivity index (χ3v) is 4.84.